The van der Waals surface area contributed by atoms with Gasteiger partial charge in [-0.3, -0.25) is 4.90 Å². The van der Waals surface area contributed by atoms with E-state index in [0.717, 1.165) is 24.4 Å². The van der Waals surface area contributed by atoms with E-state index in [-0.39, 0.29) is 6.61 Å². The van der Waals surface area contributed by atoms with Gasteiger partial charge in [-0.2, -0.15) is 12.6 Å². The zero-order valence-corrected chi connectivity index (χ0v) is 8.26. The topological polar surface area (TPSA) is 23.5 Å². The number of aliphatic hydroxyl groups is 1. The van der Waals surface area contributed by atoms with E-state index >= 15 is 0 Å². The first-order valence-corrected chi connectivity index (χ1v) is 5.03. The van der Waals surface area contributed by atoms with E-state index in [1.165, 1.54) is 12.8 Å². The van der Waals surface area contributed by atoms with Crippen molar-refractivity contribution in [2.75, 3.05) is 25.4 Å². The van der Waals surface area contributed by atoms with Crippen LogP contribution in [0.3, 0.4) is 0 Å². The maximum absolute atomic E-state index is 8.81. The van der Waals surface area contributed by atoms with Gasteiger partial charge in [-0.15, -0.1) is 0 Å². The van der Waals surface area contributed by atoms with Gasteiger partial charge in [-0.1, -0.05) is 12.2 Å². The van der Waals surface area contributed by atoms with Crippen LogP contribution >= 0.6 is 12.6 Å². The fourth-order valence-corrected chi connectivity index (χ4v) is 1.40. The molecule has 0 saturated heterocycles. The maximum Gasteiger partial charge on any atom is 0.0558 e. The summed E-state index contributed by atoms with van der Waals surface area (Å²) in [7, 11) is 0. The Morgan fingerprint density at radius 2 is 2.25 bits per heavy atom. The fraction of sp³-hybridized carbons (Fsp3) is 0.778. The zero-order valence-electron chi connectivity index (χ0n) is 7.37. The van der Waals surface area contributed by atoms with Gasteiger partial charge in [-0.05, 0) is 12.8 Å². The Hall–Kier alpha value is 0.01000. The largest absolute Gasteiger partial charge is 0.395 e. The SMILES string of the molecule is C=C(CS)CN(CCO)C1CC1. The zero-order chi connectivity index (χ0) is 8.97. The second kappa shape index (κ2) is 4.90. The van der Waals surface area contributed by atoms with Crippen LogP contribution in [0.5, 0.6) is 0 Å². The Morgan fingerprint density at radius 3 is 2.67 bits per heavy atom. The van der Waals surface area contributed by atoms with E-state index in [4.69, 9.17) is 5.11 Å². The van der Waals surface area contributed by atoms with Crippen LogP contribution in [0.15, 0.2) is 12.2 Å². The lowest BCUT2D eigenvalue weighted by Gasteiger charge is -2.21. The van der Waals surface area contributed by atoms with Gasteiger partial charge >= 0.3 is 0 Å². The molecule has 0 aromatic carbocycles. The summed E-state index contributed by atoms with van der Waals surface area (Å²) in [6, 6.07) is 0.703. The lowest BCUT2D eigenvalue weighted by Crippen LogP contribution is -2.31. The van der Waals surface area contributed by atoms with Crippen LogP contribution in [0.1, 0.15) is 12.8 Å². The van der Waals surface area contributed by atoms with E-state index in [1.807, 2.05) is 0 Å². The summed E-state index contributed by atoms with van der Waals surface area (Å²) < 4.78 is 0. The monoisotopic (exact) mass is 187 g/mol. The molecule has 70 valence electrons. The summed E-state index contributed by atoms with van der Waals surface area (Å²) >= 11 is 4.16. The van der Waals surface area contributed by atoms with Crippen molar-refractivity contribution in [3.8, 4) is 0 Å². The molecule has 1 aliphatic rings. The first-order chi connectivity index (χ1) is 5.77. The second-order valence-corrected chi connectivity index (χ2v) is 3.65. The van der Waals surface area contributed by atoms with Crippen molar-refractivity contribution in [2.24, 2.45) is 0 Å². The molecule has 0 atom stereocenters. The molecule has 0 heterocycles. The van der Waals surface area contributed by atoms with Crippen molar-refractivity contribution in [1.29, 1.82) is 0 Å². The van der Waals surface area contributed by atoms with Crippen LogP contribution in [-0.2, 0) is 0 Å². The van der Waals surface area contributed by atoms with Crippen molar-refractivity contribution >= 4 is 12.6 Å². The van der Waals surface area contributed by atoms with Crippen LogP contribution in [0.25, 0.3) is 0 Å². The van der Waals surface area contributed by atoms with Crippen molar-refractivity contribution in [3.05, 3.63) is 12.2 Å². The number of hydrogen-bond donors (Lipinski definition) is 2. The molecule has 0 bridgehead atoms. The van der Waals surface area contributed by atoms with Crippen molar-refractivity contribution in [3.63, 3.8) is 0 Å². The molecule has 0 aliphatic heterocycles. The number of thiol groups is 1. The van der Waals surface area contributed by atoms with E-state index in [0.29, 0.717) is 6.04 Å². The second-order valence-electron chi connectivity index (χ2n) is 3.33. The molecule has 1 saturated carbocycles. The molecule has 0 spiro atoms. The summed E-state index contributed by atoms with van der Waals surface area (Å²) in [5.74, 6) is 0.745. The smallest absolute Gasteiger partial charge is 0.0558 e. The lowest BCUT2D eigenvalue weighted by molar-refractivity contribution is 0.200. The molecular formula is C9H17NOS. The predicted molar refractivity (Wildman–Crippen MR) is 54.7 cm³/mol. The quantitative estimate of drug-likeness (QED) is 0.477. The van der Waals surface area contributed by atoms with E-state index in [2.05, 4.69) is 24.1 Å². The molecule has 0 aromatic heterocycles. The van der Waals surface area contributed by atoms with Crippen LogP contribution in [0.4, 0.5) is 0 Å². The molecule has 12 heavy (non-hydrogen) atoms. The van der Waals surface area contributed by atoms with Crippen LogP contribution in [0, 0.1) is 0 Å². The lowest BCUT2D eigenvalue weighted by atomic mass is 10.3. The summed E-state index contributed by atoms with van der Waals surface area (Å²) in [6.45, 7) is 5.82. The molecule has 1 N–H and O–H groups in total. The van der Waals surface area contributed by atoms with Gasteiger partial charge in [0.15, 0.2) is 0 Å². The summed E-state index contributed by atoms with van der Waals surface area (Å²) in [5.41, 5.74) is 1.14. The highest BCUT2D eigenvalue weighted by atomic mass is 32.1. The highest BCUT2D eigenvalue weighted by Gasteiger charge is 2.28. The third-order valence-corrected chi connectivity index (χ3v) is 2.55. The van der Waals surface area contributed by atoms with E-state index in [1.54, 1.807) is 0 Å². The average molecular weight is 187 g/mol. The normalized spacial score (nSPS) is 16.9. The van der Waals surface area contributed by atoms with Crippen LogP contribution < -0.4 is 0 Å². The molecule has 3 heteroatoms. The Morgan fingerprint density at radius 1 is 1.58 bits per heavy atom. The molecule has 2 nitrogen and oxygen atoms in total. The van der Waals surface area contributed by atoms with E-state index in [9.17, 15) is 0 Å². The highest BCUT2D eigenvalue weighted by Crippen LogP contribution is 2.26. The number of aliphatic hydroxyl groups excluding tert-OH is 1. The first kappa shape index (κ1) is 10.1. The van der Waals surface area contributed by atoms with Crippen molar-refractivity contribution < 1.29 is 5.11 Å². The van der Waals surface area contributed by atoms with Gasteiger partial charge in [-0.25, -0.2) is 0 Å². The molecule has 1 rings (SSSR count). The Bertz CT molecular complexity index is 157. The van der Waals surface area contributed by atoms with Crippen molar-refractivity contribution in [1.82, 2.24) is 4.90 Å². The van der Waals surface area contributed by atoms with E-state index < -0.39 is 0 Å². The molecule has 0 amide bonds. The third kappa shape index (κ3) is 3.17. The summed E-state index contributed by atoms with van der Waals surface area (Å²) in [6.07, 6.45) is 2.56. The van der Waals surface area contributed by atoms with Crippen LogP contribution in [-0.4, -0.2) is 41.5 Å². The van der Waals surface area contributed by atoms with Crippen molar-refractivity contribution in [2.45, 2.75) is 18.9 Å². The standard InChI is InChI=1S/C9H17NOS/c1-8(7-12)6-10(4-5-11)9-2-3-9/h9,11-12H,1-7H2. The Labute approximate surface area is 79.7 Å². The minimum atomic E-state index is 0.246. The van der Waals surface area contributed by atoms with Gasteiger partial charge < -0.3 is 5.11 Å². The maximum atomic E-state index is 8.81. The number of rotatable bonds is 6. The van der Waals surface area contributed by atoms with Gasteiger partial charge in [0.2, 0.25) is 0 Å². The molecule has 1 fully saturated rings. The minimum Gasteiger partial charge on any atom is -0.395 e. The summed E-state index contributed by atoms with van der Waals surface area (Å²) in [5, 5.41) is 8.81. The highest BCUT2D eigenvalue weighted by molar-refractivity contribution is 7.80. The third-order valence-electron chi connectivity index (χ3n) is 2.10. The van der Waals surface area contributed by atoms with Gasteiger partial charge in [0, 0.05) is 24.9 Å². The minimum absolute atomic E-state index is 0.246. The molecule has 1 aliphatic carbocycles. The van der Waals surface area contributed by atoms with Gasteiger partial charge in [0.1, 0.15) is 0 Å². The number of nitrogens with zero attached hydrogens (tertiary/aromatic N) is 1. The molecule has 0 unspecified atom stereocenters. The Balaban J connectivity index is 2.26. The van der Waals surface area contributed by atoms with Crippen LogP contribution in [0.2, 0.25) is 0 Å². The molecular weight excluding hydrogens is 170 g/mol. The Kier molecular flexibility index (Phi) is 4.12. The predicted octanol–water partition coefficient (Wildman–Crippen LogP) is 0.929. The average Bonchev–Trinajstić information content (AvgIpc) is 2.86. The molecule has 0 radical (unpaired) electrons. The van der Waals surface area contributed by atoms with Gasteiger partial charge in [0.05, 0.1) is 6.61 Å². The van der Waals surface area contributed by atoms with Gasteiger partial charge in [0.25, 0.3) is 0 Å². The fourth-order valence-electron chi connectivity index (χ4n) is 1.30. The number of hydrogen-bond acceptors (Lipinski definition) is 3. The summed E-state index contributed by atoms with van der Waals surface area (Å²) in [4.78, 5) is 2.29. The first-order valence-electron chi connectivity index (χ1n) is 4.40. The molecule has 0 aromatic rings.